The Kier molecular flexibility index (Phi) is 7.99. The minimum Gasteiger partial charge on any atom is -0.352 e. The Balaban J connectivity index is 1.89. The van der Waals surface area contributed by atoms with Crippen LogP contribution in [-0.2, 0) is 13.1 Å². The Labute approximate surface area is 166 Å². The van der Waals surface area contributed by atoms with E-state index in [0.29, 0.717) is 43.3 Å². The number of nitrogens with zero attached hydrogens (tertiary/aromatic N) is 2. The van der Waals surface area contributed by atoms with Gasteiger partial charge in [0, 0.05) is 38.8 Å². The molecule has 0 saturated carbocycles. The first kappa shape index (κ1) is 21.4. The van der Waals surface area contributed by atoms with Crippen LogP contribution < -0.4 is 10.6 Å². The van der Waals surface area contributed by atoms with E-state index < -0.39 is 0 Å². The molecule has 0 heterocycles. The van der Waals surface area contributed by atoms with Crippen LogP contribution in [0.3, 0.4) is 0 Å². The van der Waals surface area contributed by atoms with Crippen molar-refractivity contribution >= 4 is 11.9 Å². The average molecular weight is 384 g/mol. The fraction of sp³-hybridized carbons (Fsp3) is 0.364. The maximum Gasteiger partial charge on any atom is 0.253 e. The molecule has 0 radical (unpaired) electrons. The molecule has 28 heavy (non-hydrogen) atoms. The first-order chi connectivity index (χ1) is 13.5. The molecule has 2 aromatic rings. The molecule has 0 saturated heterocycles. The molecular weight excluding hydrogens is 355 g/mol. The van der Waals surface area contributed by atoms with Gasteiger partial charge in [0.15, 0.2) is 5.96 Å². The summed E-state index contributed by atoms with van der Waals surface area (Å²) in [5.41, 5.74) is 3.36. The molecule has 2 aromatic carbocycles. The fourth-order valence-electron chi connectivity index (χ4n) is 2.87. The highest BCUT2D eigenvalue weighted by molar-refractivity contribution is 5.94. The van der Waals surface area contributed by atoms with Gasteiger partial charge in [0.2, 0.25) is 0 Å². The average Bonchev–Trinajstić information content (AvgIpc) is 2.72. The van der Waals surface area contributed by atoms with Crippen LogP contribution in [0.15, 0.2) is 47.5 Å². The highest BCUT2D eigenvalue weighted by Gasteiger charge is 2.11. The van der Waals surface area contributed by atoms with E-state index in [-0.39, 0.29) is 11.7 Å². The van der Waals surface area contributed by atoms with E-state index in [2.05, 4.69) is 15.6 Å². The number of nitrogens with one attached hydrogen (secondary N) is 2. The lowest BCUT2D eigenvalue weighted by Gasteiger charge is -2.18. The van der Waals surface area contributed by atoms with Crippen LogP contribution in [0.25, 0.3) is 0 Å². The summed E-state index contributed by atoms with van der Waals surface area (Å²) in [5, 5.41) is 6.46. The molecule has 2 rings (SSSR count). The van der Waals surface area contributed by atoms with Crippen LogP contribution in [0.1, 0.15) is 40.9 Å². The topological polar surface area (TPSA) is 56.7 Å². The summed E-state index contributed by atoms with van der Waals surface area (Å²) in [5.74, 6) is 0.510. The van der Waals surface area contributed by atoms with Gasteiger partial charge in [0.1, 0.15) is 5.82 Å². The summed E-state index contributed by atoms with van der Waals surface area (Å²) in [6.45, 7) is 8.25. The second-order valence-corrected chi connectivity index (χ2v) is 6.54. The zero-order valence-electron chi connectivity index (χ0n) is 17.1. The first-order valence-electron chi connectivity index (χ1n) is 9.56. The third kappa shape index (κ3) is 5.81. The zero-order chi connectivity index (χ0) is 20.5. The molecule has 5 nitrogen and oxygen atoms in total. The Morgan fingerprint density at radius 3 is 2.11 bits per heavy atom. The molecule has 0 fully saturated rings. The van der Waals surface area contributed by atoms with E-state index in [1.165, 1.54) is 6.07 Å². The molecule has 1 amide bonds. The summed E-state index contributed by atoms with van der Waals surface area (Å²) in [6, 6.07) is 12.7. The number of aryl methyl sites for hydroxylation is 1. The third-order valence-electron chi connectivity index (χ3n) is 4.62. The van der Waals surface area contributed by atoms with Gasteiger partial charge in [-0.2, -0.15) is 0 Å². The molecule has 0 aliphatic rings. The molecule has 0 aliphatic heterocycles. The van der Waals surface area contributed by atoms with E-state index in [1.54, 1.807) is 24.9 Å². The number of benzene rings is 2. The van der Waals surface area contributed by atoms with Crippen LogP contribution >= 0.6 is 0 Å². The molecule has 0 aliphatic carbocycles. The van der Waals surface area contributed by atoms with E-state index in [4.69, 9.17) is 0 Å². The molecule has 2 N–H and O–H groups in total. The van der Waals surface area contributed by atoms with Crippen molar-refractivity contribution < 1.29 is 9.18 Å². The van der Waals surface area contributed by atoms with Gasteiger partial charge in [-0.25, -0.2) is 4.39 Å². The molecule has 0 aromatic heterocycles. The highest BCUT2D eigenvalue weighted by atomic mass is 19.1. The van der Waals surface area contributed by atoms with Crippen LogP contribution in [0, 0.1) is 12.7 Å². The number of amides is 1. The van der Waals surface area contributed by atoms with Gasteiger partial charge in [0.25, 0.3) is 5.91 Å². The van der Waals surface area contributed by atoms with Crippen LogP contribution in [0.2, 0.25) is 0 Å². The Hall–Kier alpha value is -2.89. The van der Waals surface area contributed by atoms with Gasteiger partial charge in [-0.1, -0.05) is 24.3 Å². The number of halogens is 1. The van der Waals surface area contributed by atoms with Gasteiger partial charge in [-0.05, 0) is 55.7 Å². The van der Waals surface area contributed by atoms with Crippen molar-refractivity contribution in [3.63, 3.8) is 0 Å². The smallest absolute Gasteiger partial charge is 0.253 e. The predicted molar refractivity (Wildman–Crippen MR) is 112 cm³/mol. The van der Waals surface area contributed by atoms with E-state index in [9.17, 15) is 9.18 Å². The van der Waals surface area contributed by atoms with Gasteiger partial charge >= 0.3 is 0 Å². The monoisotopic (exact) mass is 384 g/mol. The van der Waals surface area contributed by atoms with Crippen molar-refractivity contribution in [1.29, 1.82) is 0 Å². The Morgan fingerprint density at radius 1 is 1.00 bits per heavy atom. The molecule has 150 valence electrons. The second-order valence-electron chi connectivity index (χ2n) is 6.54. The van der Waals surface area contributed by atoms with Crippen molar-refractivity contribution in [3.8, 4) is 0 Å². The Morgan fingerprint density at radius 2 is 1.57 bits per heavy atom. The van der Waals surface area contributed by atoms with Crippen LogP contribution in [-0.4, -0.2) is 36.9 Å². The van der Waals surface area contributed by atoms with Gasteiger partial charge < -0.3 is 15.5 Å². The first-order valence-corrected chi connectivity index (χ1v) is 9.56. The summed E-state index contributed by atoms with van der Waals surface area (Å²) >= 11 is 0. The van der Waals surface area contributed by atoms with E-state index in [1.807, 2.05) is 44.2 Å². The lowest BCUT2D eigenvalue weighted by atomic mass is 10.1. The van der Waals surface area contributed by atoms with Crippen molar-refractivity contribution in [2.24, 2.45) is 4.99 Å². The van der Waals surface area contributed by atoms with Crippen LogP contribution in [0.5, 0.6) is 0 Å². The van der Waals surface area contributed by atoms with Gasteiger partial charge in [-0.15, -0.1) is 0 Å². The van der Waals surface area contributed by atoms with Gasteiger partial charge in [-0.3, -0.25) is 9.79 Å². The second kappa shape index (κ2) is 10.4. The number of rotatable bonds is 7. The molecule has 0 bridgehead atoms. The predicted octanol–water partition coefficient (Wildman–Crippen LogP) is 3.48. The highest BCUT2D eigenvalue weighted by Crippen LogP contribution is 2.09. The summed E-state index contributed by atoms with van der Waals surface area (Å²) in [7, 11) is 1.71. The standard InChI is InChI=1S/C22H29FN4O/c1-5-27(6-2)21(28)19-10-7-17(8-11-19)14-25-22(24-4)26-15-18-9-12-20(23)16(3)13-18/h7-13H,5-6,14-15H2,1-4H3,(H2,24,25,26). The molecule has 0 atom stereocenters. The zero-order valence-corrected chi connectivity index (χ0v) is 17.1. The minimum absolute atomic E-state index is 0.0524. The number of carbonyl (C=O) groups is 1. The maximum atomic E-state index is 13.4. The lowest BCUT2D eigenvalue weighted by Crippen LogP contribution is -2.36. The van der Waals surface area contributed by atoms with Crippen molar-refractivity contribution in [2.75, 3.05) is 20.1 Å². The number of hydrogen-bond acceptors (Lipinski definition) is 2. The molecular formula is C22H29FN4O. The van der Waals surface area contributed by atoms with Crippen molar-refractivity contribution in [1.82, 2.24) is 15.5 Å². The van der Waals surface area contributed by atoms with E-state index >= 15 is 0 Å². The maximum absolute atomic E-state index is 13.4. The quantitative estimate of drug-likeness (QED) is 0.568. The van der Waals surface area contributed by atoms with Crippen LogP contribution in [0.4, 0.5) is 4.39 Å². The minimum atomic E-state index is -0.200. The van der Waals surface area contributed by atoms with Crippen molar-refractivity contribution in [2.45, 2.75) is 33.9 Å². The summed E-state index contributed by atoms with van der Waals surface area (Å²) < 4.78 is 13.4. The SMILES string of the molecule is CCN(CC)C(=O)c1ccc(CNC(=NC)NCc2ccc(F)c(C)c2)cc1. The summed E-state index contributed by atoms with van der Waals surface area (Å²) in [4.78, 5) is 18.4. The third-order valence-corrected chi connectivity index (χ3v) is 4.62. The Bertz CT molecular complexity index is 814. The number of guanidine groups is 1. The number of carbonyl (C=O) groups excluding carboxylic acids is 1. The normalized spacial score (nSPS) is 11.2. The lowest BCUT2D eigenvalue weighted by molar-refractivity contribution is 0.0773. The van der Waals surface area contributed by atoms with E-state index in [0.717, 1.165) is 11.1 Å². The molecule has 6 heteroatoms. The van der Waals surface area contributed by atoms with Crippen molar-refractivity contribution in [3.05, 3.63) is 70.5 Å². The molecule has 0 spiro atoms. The number of aliphatic imine (C=N–C) groups is 1. The molecule has 0 unspecified atom stereocenters. The fourth-order valence-corrected chi connectivity index (χ4v) is 2.87. The number of hydrogen-bond donors (Lipinski definition) is 2. The largest absolute Gasteiger partial charge is 0.352 e. The van der Waals surface area contributed by atoms with Gasteiger partial charge in [0.05, 0.1) is 0 Å². The summed E-state index contributed by atoms with van der Waals surface area (Å²) in [6.07, 6.45) is 0.